The van der Waals surface area contributed by atoms with E-state index in [0.717, 1.165) is 12.8 Å². The third kappa shape index (κ3) is 3.34. The van der Waals surface area contributed by atoms with E-state index in [9.17, 15) is 14.9 Å². The number of carbonyl (C=O) groups excluding carboxylic acids is 1. The number of nitrogens with zero attached hydrogens (tertiary/aromatic N) is 2. The lowest BCUT2D eigenvalue weighted by molar-refractivity contribution is -0.384. The molecule has 1 aromatic carbocycles. The minimum absolute atomic E-state index is 0.123. The Balaban J connectivity index is 1.70. The summed E-state index contributed by atoms with van der Waals surface area (Å²) in [5, 5.41) is 11.0. The van der Waals surface area contributed by atoms with Gasteiger partial charge in [0, 0.05) is 31.1 Å². The molecule has 0 radical (unpaired) electrons. The van der Waals surface area contributed by atoms with Gasteiger partial charge in [-0.05, 0) is 18.9 Å². The number of nitro benzene ring substituents is 1. The molecule has 0 aliphatic carbocycles. The van der Waals surface area contributed by atoms with Gasteiger partial charge in [0.15, 0.2) is 6.29 Å². The largest absolute Gasteiger partial charge is 0.496 e. The molecule has 2 saturated heterocycles. The molecule has 0 saturated carbocycles. The van der Waals surface area contributed by atoms with Crippen molar-refractivity contribution in [2.24, 2.45) is 5.92 Å². The quantitative estimate of drug-likeness (QED) is 0.615. The predicted molar refractivity (Wildman–Crippen MR) is 84.0 cm³/mol. The van der Waals surface area contributed by atoms with E-state index < -0.39 is 4.92 Å². The second-order valence-corrected chi connectivity index (χ2v) is 5.88. The van der Waals surface area contributed by atoms with Crippen molar-refractivity contribution in [2.75, 3.05) is 33.4 Å². The SMILES string of the molecule is COc1ccc([N+](=O)[O-])cc1C(=O)N1CCC(C2OCCO2)CC1. The number of carbonyl (C=O) groups is 1. The summed E-state index contributed by atoms with van der Waals surface area (Å²) in [7, 11) is 1.44. The van der Waals surface area contributed by atoms with E-state index in [-0.39, 0.29) is 29.4 Å². The molecular weight excluding hydrogens is 316 g/mol. The van der Waals surface area contributed by atoms with E-state index in [1.54, 1.807) is 4.90 Å². The molecule has 8 heteroatoms. The van der Waals surface area contributed by atoms with E-state index in [1.165, 1.54) is 25.3 Å². The van der Waals surface area contributed by atoms with Crippen LogP contribution in [0.15, 0.2) is 18.2 Å². The van der Waals surface area contributed by atoms with E-state index >= 15 is 0 Å². The Hall–Kier alpha value is -2.19. The number of likely N-dealkylation sites (tertiary alicyclic amines) is 1. The molecule has 0 atom stereocenters. The average molecular weight is 336 g/mol. The molecule has 8 nitrogen and oxygen atoms in total. The van der Waals surface area contributed by atoms with Crippen molar-refractivity contribution in [2.45, 2.75) is 19.1 Å². The van der Waals surface area contributed by atoms with Crippen molar-refractivity contribution >= 4 is 11.6 Å². The van der Waals surface area contributed by atoms with Crippen molar-refractivity contribution in [1.82, 2.24) is 4.90 Å². The minimum Gasteiger partial charge on any atom is -0.496 e. The van der Waals surface area contributed by atoms with Crippen LogP contribution < -0.4 is 4.74 Å². The minimum atomic E-state index is -0.517. The van der Waals surface area contributed by atoms with Crippen LogP contribution in [0.3, 0.4) is 0 Å². The Morgan fingerprint density at radius 2 is 1.96 bits per heavy atom. The fourth-order valence-electron chi connectivity index (χ4n) is 3.17. The van der Waals surface area contributed by atoms with E-state index in [2.05, 4.69) is 0 Å². The number of non-ortho nitro benzene ring substituents is 1. The second-order valence-electron chi connectivity index (χ2n) is 5.88. The van der Waals surface area contributed by atoms with Crippen LogP contribution in [0.5, 0.6) is 5.75 Å². The molecule has 0 aromatic heterocycles. The van der Waals surface area contributed by atoms with E-state index in [4.69, 9.17) is 14.2 Å². The molecule has 0 unspecified atom stereocenters. The number of amides is 1. The second kappa shape index (κ2) is 7.14. The number of ether oxygens (including phenoxy) is 3. The van der Waals surface area contributed by atoms with Gasteiger partial charge in [0.25, 0.3) is 11.6 Å². The molecule has 1 aromatic rings. The van der Waals surface area contributed by atoms with Crippen molar-refractivity contribution in [3.63, 3.8) is 0 Å². The predicted octanol–water partition coefficient (Wildman–Crippen LogP) is 1.83. The first-order valence-electron chi connectivity index (χ1n) is 7.95. The summed E-state index contributed by atoms with van der Waals surface area (Å²) < 4.78 is 16.2. The van der Waals surface area contributed by atoms with Gasteiger partial charge in [0.05, 0.1) is 30.8 Å². The van der Waals surface area contributed by atoms with Crippen LogP contribution in [-0.4, -0.2) is 55.4 Å². The number of rotatable bonds is 4. The van der Waals surface area contributed by atoms with Gasteiger partial charge in [-0.3, -0.25) is 14.9 Å². The van der Waals surface area contributed by atoms with Gasteiger partial charge in [-0.2, -0.15) is 0 Å². The molecule has 0 N–H and O–H groups in total. The Bertz CT molecular complexity index is 621. The molecular formula is C16H20N2O6. The van der Waals surface area contributed by atoms with Crippen LogP contribution in [0, 0.1) is 16.0 Å². The Morgan fingerprint density at radius 3 is 2.54 bits per heavy atom. The van der Waals surface area contributed by atoms with Crippen LogP contribution in [0.2, 0.25) is 0 Å². The Kier molecular flexibility index (Phi) is 4.96. The molecule has 3 rings (SSSR count). The van der Waals surface area contributed by atoms with Crippen LogP contribution in [0.25, 0.3) is 0 Å². The summed E-state index contributed by atoms with van der Waals surface area (Å²) >= 11 is 0. The van der Waals surface area contributed by atoms with Gasteiger partial charge in [0.1, 0.15) is 5.75 Å². The molecule has 2 aliphatic heterocycles. The highest BCUT2D eigenvalue weighted by Gasteiger charge is 2.33. The highest BCUT2D eigenvalue weighted by molar-refractivity contribution is 5.97. The van der Waals surface area contributed by atoms with Crippen LogP contribution in [0.4, 0.5) is 5.69 Å². The maximum Gasteiger partial charge on any atom is 0.270 e. The smallest absolute Gasteiger partial charge is 0.270 e. The molecule has 2 aliphatic rings. The fraction of sp³-hybridized carbons (Fsp3) is 0.562. The van der Waals surface area contributed by atoms with Gasteiger partial charge in [-0.15, -0.1) is 0 Å². The molecule has 130 valence electrons. The summed E-state index contributed by atoms with van der Waals surface area (Å²) in [4.78, 5) is 24.9. The van der Waals surface area contributed by atoms with E-state index in [0.29, 0.717) is 32.1 Å². The van der Waals surface area contributed by atoms with Gasteiger partial charge >= 0.3 is 0 Å². The summed E-state index contributed by atoms with van der Waals surface area (Å²) in [6.45, 7) is 2.38. The van der Waals surface area contributed by atoms with Crippen molar-refractivity contribution in [3.8, 4) is 5.75 Å². The molecule has 0 spiro atoms. The zero-order valence-corrected chi connectivity index (χ0v) is 13.5. The van der Waals surface area contributed by atoms with Gasteiger partial charge < -0.3 is 19.1 Å². The number of methoxy groups -OCH3 is 1. The zero-order chi connectivity index (χ0) is 17.1. The maximum absolute atomic E-state index is 12.7. The first-order valence-corrected chi connectivity index (χ1v) is 7.95. The third-order valence-corrected chi connectivity index (χ3v) is 4.48. The van der Waals surface area contributed by atoms with Gasteiger partial charge in [-0.25, -0.2) is 0 Å². The lowest BCUT2D eigenvalue weighted by Gasteiger charge is -2.34. The zero-order valence-electron chi connectivity index (χ0n) is 13.5. The number of benzene rings is 1. The molecule has 2 fully saturated rings. The van der Waals surface area contributed by atoms with Gasteiger partial charge in [-0.1, -0.05) is 0 Å². The van der Waals surface area contributed by atoms with Gasteiger partial charge in [0.2, 0.25) is 0 Å². The fourth-order valence-corrected chi connectivity index (χ4v) is 3.17. The number of piperidine rings is 1. The van der Waals surface area contributed by atoms with Crippen LogP contribution in [-0.2, 0) is 9.47 Å². The topological polar surface area (TPSA) is 91.1 Å². The molecule has 2 heterocycles. The third-order valence-electron chi connectivity index (χ3n) is 4.48. The monoisotopic (exact) mass is 336 g/mol. The van der Waals surface area contributed by atoms with Crippen molar-refractivity contribution in [3.05, 3.63) is 33.9 Å². The van der Waals surface area contributed by atoms with Crippen molar-refractivity contribution in [1.29, 1.82) is 0 Å². The normalized spacial score (nSPS) is 19.5. The first kappa shape index (κ1) is 16.7. The lowest BCUT2D eigenvalue weighted by Crippen LogP contribution is -2.41. The first-order chi connectivity index (χ1) is 11.6. The van der Waals surface area contributed by atoms with Crippen LogP contribution >= 0.6 is 0 Å². The lowest BCUT2D eigenvalue weighted by atomic mass is 9.95. The van der Waals surface area contributed by atoms with E-state index in [1.807, 2.05) is 0 Å². The van der Waals surface area contributed by atoms with Crippen LogP contribution in [0.1, 0.15) is 23.2 Å². The number of hydrogen-bond acceptors (Lipinski definition) is 6. The summed E-state index contributed by atoms with van der Waals surface area (Å²) in [5.41, 5.74) is 0.0975. The molecule has 1 amide bonds. The summed E-state index contributed by atoms with van der Waals surface area (Å²) in [5.74, 6) is 0.376. The van der Waals surface area contributed by atoms with Crippen molar-refractivity contribution < 1.29 is 23.9 Å². The number of hydrogen-bond donors (Lipinski definition) is 0. The Labute approximate surface area is 139 Å². The summed E-state index contributed by atoms with van der Waals surface area (Å²) in [6.07, 6.45) is 1.40. The molecule has 0 bridgehead atoms. The average Bonchev–Trinajstić information content (AvgIpc) is 3.15. The molecule has 24 heavy (non-hydrogen) atoms. The number of nitro groups is 1. The standard InChI is InChI=1S/C16H20N2O6/c1-22-14-3-2-12(18(20)21)10-13(14)15(19)17-6-4-11(5-7-17)16-23-8-9-24-16/h2-3,10-11,16H,4-9H2,1H3. The highest BCUT2D eigenvalue weighted by Crippen LogP contribution is 2.29. The maximum atomic E-state index is 12.7. The Morgan fingerprint density at radius 1 is 1.29 bits per heavy atom. The summed E-state index contributed by atoms with van der Waals surface area (Å²) in [6, 6.07) is 4.06. The highest BCUT2D eigenvalue weighted by atomic mass is 16.7.